The van der Waals surface area contributed by atoms with E-state index in [4.69, 9.17) is 4.74 Å². The topological polar surface area (TPSA) is 29.5 Å². The first-order chi connectivity index (χ1) is 15.7. The van der Waals surface area contributed by atoms with Crippen molar-refractivity contribution in [1.82, 2.24) is 0 Å². The van der Waals surface area contributed by atoms with Gasteiger partial charge in [0.25, 0.3) is 0 Å². The Morgan fingerprint density at radius 3 is 2.00 bits per heavy atom. The lowest BCUT2D eigenvalue weighted by Gasteiger charge is -2.52. The molecule has 0 radical (unpaired) electrons. The zero-order chi connectivity index (χ0) is 21.8. The number of fused-ring (bicyclic) bond motifs is 3. The minimum absolute atomic E-state index is 0.0179. The molecule has 4 heteroatoms. The van der Waals surface area contributed by atoms with E-state index >= 15 is 0 Å². The molecule has 164 valence electrons. The number of rotatable bonds is 6. The Hall–Kier alpha value is -3.11. The van der Waals surface area contributed by atoms with E-state index < -0.39 is 0 Å². The van der Waals surface area contributed by atoms with Crippen LogP contribution in [0, 0.1) is 5.92 Å². The minimum Gasteiger partial charge on any atom is -0.440 e. The largest absolute Gasteiger partial charge is 0.440 e. The van der Waals surface area contributed by atoms with Crippen LogP contribution in [0.2, 0.25) is 0 Å². The lowest BCUT2D eigenvalue weighted by Crippen LogP contribution is -2.64. The zero-order valence-electron chi connectivity index (χ0n) is 18.5. The highest BCUT2D eigenvalue weighted by Crippen LogP contribution is 2.37. The lowest BCUT2D eigenvalue weighted by molar-refractivity contribution is -0.958. The molecule has 3 saturated heterocycles. The summed E-state index contributed by atoms with van der Waals surface area (Å²) in [6.45, 7) is 4.80. The van der Waals surface area contributed by atoms with Gasteiger partial charge in [-0.05, 0) is 17.7 Å². The van der Waals surface area contributed by atoms with Gasteiger partial charge in [-0.15, -0.1) is 0 Å². The first kappa shape index (κ1) is 20.8. The van der Waals surface area contributed by atoms with Crippen molar-refractivity contribution in [2.75, 3.05) is 24.5 Å². The molecule has 4 nitrogen and oxygen atoms in total. The summed E-state index contributed by atoms with van der Waals surface area (Å²) in [6, 6.07) is 30.7. The molecule has 1 atom stereocenters. The van der Waals surface area contributed by atoms with Gasteiger partial charge in [0.15, 0.2) is 6.10 Å². The quantitative estimate of drug-likeness (QED) is 0.477. The molecular formula is C28H31N2O2+. The molecule has 3 aliphatic rings. The molecule has 3 aromatic rings. The Kier molecular flexibility index (Phi) is 5.95. The molecule has 0 saturated carbocycles. The minimum atomic E-state index is -0.239. The van der Waals surface area contributed by atoms with Crippen molar-refractivity contribution in [1.29, 1.82) is 0 Å². The molecule has 0 aromatic heterocycles. The fourth-order valence-corrected chi connectivity index (χ4v) is 5.38. The van der Waals surface area contributed by atoms with Crippen LogP contribution < -0.4 is 4.90 Å². The maximum atomic E-state index is 13.5. The Morgan fingerprint density at radius 2 is 1.38 bits per heavy atom. The van der Waals surface area contributed by atoms with Gasteiger partial charge in [-0.3, -0.25) is 4.90 Å². The third kappa shape index (κ3) is 4.56. The number of quaternary nitrogens is 1. The zero-order valence-corrected chi connectivity index (χ0v) is 18.5. The number of amides is 1. The van der Waals surface area contributed by atoms with E-state index in [0.717, 1.165) is 41.7 Å². The van der Waals surface area contributed by atoms with Gasteiger partial charge in [0.05, 0.1) is 19.6 Å². The average Bonchev–Trinajstić information content (AvgIpc) is 2.85. The van der Waals surface area contributed by atoms with Gasteiger partial charge in [0.1, 0.15) is 13.1 Å². The first-order valence-corrected chi connectivity index (χ1v) is 11.7. The molecule has 0 aliphatic carbocycles. The third-order valence-electron chi connectivity index (χ3n) is 7.13. The average molecular weight is 428 g/mol. The molecule has 3 fully saturated rings. The van der Waals surface area contributed by atoms with Crippen LogP contribution in [0.3, 0.4) is 0 Å². The number of anilines is 1. The monoisotopic (exact) mass is 427 g/mol. The van der Waals surface area contributed by atoms with Gasteiger partial charge >= 0.3 is 6.09 Å². The van der Waals surface area contributed by atoms with Crippen LogP contribution in [0.1, 0.15) is 24.0 Å². The molecule has 6 rings (SSSR count). The molecule has 3 heterocycles. The number of hydrogen-bond acceptors (Lipinski definition) is 2. The number of carbonyl (C=O) groups is 1. The maximum absolute atomic E-state index is 13.5. The van der Waals surface area contributed by atoms with Crippen LogP contribution in [-0.2, 0) is 17.8 Å². The normalized spacial score (nSPS) is 24.1. The Labute approximate surface area is 190 Å². The van der Waals surface area contributed by atoms with Gasteiger partial charge in [-0.2, -0.15) is 0 Å². The number of para-hydroxylation sites is 1. The van der Waals surface area contributed by atoms with Crippen LogP contribution in [0.15, 0.2) is 91.0 Å². The highest BCUT2D eigenvalue weighted by atomic mass is 16.6. The summed E-state index contributed by atoms with van der Waals surface area (Å²) in [6.07, 6.45) is 2.01. The number of piperidine rings is 3. The molecular weight excluding hydrogens is 396 g/mol. The Balaban J connectivity index is 1.33. The summed E-state index contributed by atoms with van der Waals surface area (Å²) in [7, 11) is 0. The van der Waals surface area contributed by atoms with Gasteiger partial charge < -0.3 is 9.22 Å². The van der Waals surface area contributed by atoms with Crippen LogP contribution >= 0.6 is 0 Å². The second kappa shape index (κ2) is 9.17. The second-order valence-corrected chi connectivity index (χ2v) is 9.28. The van der Waals surface area contributed by atoms with Crippen LogP contribution in [0.5, 0.6) is 0 Å². The smallest absolute Gasteiger partial charge is 0.415 e. The van der Waals surface area contributed by atoms with Crippen LogP contribution in [-0.4, -0.2) is 36.3 Å². The summed E-state index contributed by atoms with van der Waals surface area (Å²) < 4.78 is 7.28. The summed E-state index contributed by atoms with van der Waals surface area (Å²) in [5.41, 5.74) is 3.33. The summed E-state index contributed by atoms with van der Waals surface area (Å²) in [5, 5.41) is 0. The highest BCUT2D eigenvalue weighted by molar-refractivity contribution is 5.87. The number of carbonyl (C=O) groups excluding carboxylic acids is 1. The van der Waals surface area contributed by atoms with Gasteiger partial charge in [0.2, 0.25) is 0 Å². The molecule has 32 heavy (non-hydrogen) atoms. The number of nitrogens with zero attached hydrogens (tertiary/aromatic N) is 2. The van der Waals surface area contributed by atoms with Crippen molar-refractivity contribution >= 4 is 11.8 Å². The molecule has 0 spiro atoms. The van der Waals surface area contributed by atoms with Crippen LogP contribution in [0.25, 0.3) is 0 Å². The molecule has 0 N–H and O–H groups in total. The van der Waals surface area contributed by atoms with E-state index in [-0.39, 0.29) is 12.2 Å². The number of ether oxygens (including phenoxy) is 1. The summed E-state index contributed by atoms with van der Waals surface area (Å²) >= 11 is 0. The van der Waals surface area contributed by atoms with Crippen molar-refractivity contribution in [3.8, 4) is 0 Å². The van der Waals surface area contributed by atoms with E-state index in [1.807, 2.05) is 48.5 Å². The fraction of sp³-hybridized carbons (Fsp3) is 0.321. The standard InChI is InChI=1S/C28H31N2O2/c31-28(29(26-14-8-3-9-15-26)20-23-10-4-1-5-11-23)32-27-22-30(18-16-25(27)17-19-30)21-24-12-6-2-7-13-24/h1-15,25,27H,16-22H2/q+1/t25?,27-,30?/m0/s1. The second-order valence-electron chi connectivity index (χ2n) is 9.28. The summed E-state index contributed by atoms with van der Waals surface area (Å²) in [4.78, 5) is 15.2. The van der Waals surface area contributed by atoms with Gasteiger partial charge in [-0.1, -0.05) is 78.9 Å². The van der Waals surface area contributed by atoms with E-state index in [1.54, 1.807) is 4.90 Å². The predicted octanol–water partition coefficient (Wildman–Crippen LogP) is 5.64. The molecule has 1 amide bonds. The van der Waals surface area contributed by atoms with E-state index in [1.165, 1.54) is 18.7 Å². The maximum Gasteiger partial charge on any atom is 0.415 e. The van der Waals surface area contributed by atoms with E-state index in [2.05, 4.69) is 42.5 Å². The fourth-order valence-electron chi connectivity index (χ4n) is 5.38. The molecule has 3 aromatic carbocycles. The van der Waals surface area contributed by atoms with Gasteiger partial charge in [-0.25, -0.2) is 4.79 Å². The lowest BCUT2D eigenvalue weighted by atomic mass is 9.83. The van der Waals surface area contributed by atoms with Gasteiger partial charge in [0, 0.05) is 30.0 Å². The van der Waals surface area contributed by atoms with Crippen molar-refractivity contribution in [3.63, 3.8) is 0 Å². The van der Waals surface area contributed by atoms with E-state index in [9.17, 15) is 4.79 Å². The number of hydrogen-bond donors (Lipinski definition) is 0. The molecule has 3 aliphatic heterocycles. The van der Waals surface area contributed by atoms with Crippen molar-refractivity contribution in [2.24, 2.45) is 5.92 Å². The Morgan fingerprint density at radius 1 is 0.812 bits per heavy atom. The molecule has 0 unspecified atom stereocenters. The predicted molar refractivity (Wildman–Crippen MR) is 127 cm³/mol. The summed E-state index contributed by atoms with van der Waals surface area (Å²) in [5.74, 6) is 0.476. The van der Waals surface area contributed by atoms with E-state index in [0.29, 0.717) is 12.5 Å². The highest BCUT2D eigenvalue weighted by Gasteiger charge is 2.48. The van der Waals surface area contributed by atoms with Crippen molar-refractivity contribution in [2.45, 2.75) is 32.0 Å². The van der Waals surface area contributed by atoms with Crippen molar-refractivity contribution in [3.05, 3.63) is 102 Å². The first-order valence-electron chi connectivity index (χ1n) is 11.7. The third-order valence-corrected chi connectivity index (χ3v) is 7.13. The Bertz CT molecular complexity index is 1020. The van der Waals surface area contributed by atoms with Crippen LogP contribution in [0.4, 0.5) is 10.5 Å². The number of benzene rings is 3. The SMILES string of the molecule is O=C(O[C@H]1C[N+]2(Cc3ccccc3)CCC1CC2)N(Cc1ccccc1)c1ccccc1. The molecule has 2 bridgehead atoms. The van der Waals surface area contributed by atoms with Crippen molar-refractivity contribution < 1.29 is 14.0 Å².